The third-order valence-electron chi connectivity index (χ3n) is 3.46. The summed E-state index contributed by atoms with van der Waals surface area (Å²) in [5.74, 6) is -0.607. The maximum atomic E-state index is 12.1. The van der Waals surface area contributed by atoms with Crippen molar-refractivity contribution in [2.24, 2.45) is 0 Å². The lowest BCUT2D eigenvalue weighted by molar-refractivity contribution is -0.114. The Morgan fingerprint density at radius 3 is 2.38 bits per heavy atom. The molecule has 0 saturated heterocycles. The normalized spacial score (nSPS) is 10.2. The maximum Gasteiger partial charge on any atom is 0.337 e. The van der Waals surface area contributed by atoms with E-state index in [4.69, 9.17) is 11.6 Å². The monoisotopic (exact) mass is 346 g/mol. The van der Waals surface area contributed by atoms with Crippen LogP contribution in [0.15, 0.2) is 36.4 Å². The van der Waals surface area contributed by atoms with E-state index < -0.39 is 5.97 Å². The van der Waals surface area contributed by atoms with E-state index >= 15 is 0 Å². The lowest BCUT2D eigenvalue weighted by atomic mass is 10.1. The number of aryl methyl sites for hydroxylation is 2. The second-order valence-corrected chi connectivity index (χ2v) is 5.82. The van der Waals surface area contributed by atoms with E-state index in [9.17, 15) is 9.59 Å². The first-order chi connectivity index (χ1) is 11.4. The van der Waals surface area contributed by atoms with Gasteiger partial charge in [0.1, 0.15) is 0 Å². The molecular weight excluding hydrogens is 328 g/mol. The molecule has 5 nitrogen and oxygen atoms in total. The molecule has 0 aliphatic rings. The van der Waals surface area contributed by atoms with Crippen LogP contribution in [0.5, 0.6) is 0 Å². The highest BCUT2D eigenvalue weighted by atomic mass is 35.5. The van der Waals surface area contributed by atoms with Crippen LogP contribution in [0.2, 0.25) is 5.02 Å². The Bertz CT molecular complexity index is 734. The molecule has 0 atom stereocenters. The topological polar surface area (TPSA) is 67.4 Å². The molecular formula is C18H19ClN2O3. The molecule has 0 radical (unpaired) electrons. The molecule has 0 aliphatic carbocycles. The SMILES string of the molecule is COC(=O)c1ccc(NCC(=O)Nc2c(C)cc(C)cc2Cl)cc1. The number of amides is 1. The standard InChI is InChI=1S/C18H19ClN2O3/c1-11-8-12(2)17(15(19)9-11)21-16(22)10-20-14-6-4-13(5-7-14)18(23)24-3/h4-9,20H,10H2,1-3H3,(H,21,22). The van der Waals surface area contributed by atoms with Crippen LogP contribution in [0.3, 0.4) is 0 Å². The van der Waals surface area contributed by atoms with Gasteiger partial charge in [0.2, 0.25) is 5.91 Å². The zero-order valence-corrected chi connectivity index (χ0v) is 14.5. The van der Waals surface area contributed by atoms with Gasteiger partial charge in [-0.2, -0.15) is 0 Å². The lowest BCUT2D eigenvalue weighted by Gasteiger charge is -2.12. The van der Waals surface area contributed by atoms with Crippen molar-refractivity contribution in [1.82, 2.24) is 0 Å². The average Bonchev–Trinajstić information content (AvgIpc) is 2.56. The summed E-state index contributed by atoms with van der Waals surface area (Å²) in [7, 11) is 1.33. The van der Waals surface area contributed by atoms with Gasteiger partial charge < -0.3 is 15.4 Å². The quantitative estimate of drug-likeness (QED) is 0.808. The number of hydrogen-bond acceptors (Lipinski definition) is 4. The molecule has 0 heterocycles. The van der Waals surface area contributed by atoms with Gasteiger partial charge in [0.05, 0.1) is 29.9 Å². The molecule has 126 valence electrons. The summed E-state index contributed by atoms with van der Waals surface area (Å²) in [6.07, 6.45) is 0. The van der Waals surface area contributed by atoms with Crippen molar-refractivity contribution in [2.75, 3.05) is 24.3 Å². The van der Waals surface area contributed by atoms with Crippen LogP contribution >= 0.6 is 11.6 Å². The van der Waals surface area contributed by atoms with E-state index in [0.29, 0.717) is 16.3 Å². The van der Waals surface area contributed by atoms with Crippen LogP contribution < -0.4 is 10.6 Å². The predicted molar refractivity (Wildman–Crippen MR) is 95.8 cm³/mol. The number of hydrogen-bond donors (Lipinski definition) is 2. The molecule has 0 spiro atoms. The van der Waals surface area contributed by atoms with Crippen molar-refractivity contribution in [2.45, 2.75) is 13.8 Å². The van der Waals surface area contributed by atoms with E-state index in [1.54, 1.807) is 24.3 Å². The van der Waals surface area contributed by atoms with E-state index in [0.717, 1.165) is 16.8 Å². The first-order valence-corrected chi connectivity index (χ1v) is 7.77. The molecule has 0 unspecified atom stereocenters. The van der Waals surface area contributed by atoms with Gasteiger partial charge in [-0.05, 0) is 55.3 Å². The highest BCUT2D eigenvalue weighted by Gasteiger charge is 2.10. The van der Waals surface area contributed by atoms with Crippen LogP contribution in [-0.4, -0.2) is 25.5 Å². The zero-order valence-electron chi connectivity index (χ0n) is 13.8. The fourth-order valence-corrected chi connectivity index (χ4v) is 2.65. The van der Waals surface area contributed by atoms with Gasteiger partial charge in [0, 0.05) is 5.69 Å². The van der Waals surface area contributed by atoms with Crippen molar-refractivity contribution >= 4 is 34.9 Å². The minimum absolute atomic E-state index is 0.0845. The fraction of sp³-hybridized carbons (Fsp3) is 0.222. The van der Waals surface area contributed by atoms with Gasteiger partial charge in [0.25, 0.3) is 0 Å². The summed E-state index contributed by atoms with van der Waals surface area (Å²) in [5.41, 5.74) is 3.75. The van der Waals surface area contributed by atoms with E-state index in [1.165, 1.54) is 7.11 Å². The minimum atomic E-state index is -0.399. The second kappa shape index (κ2) is 7.84. The van der Waals surface area contributed by atoms with Crippen LogP contribution in [-0.2, 0) is 9.53 Å². The number of anilines is 2. The fourth-order valence-electron chi connectivity index (χ4n) is 2.28. The third kappa shape index (κ3) is 4.49. The highest BCUT2D eigenvalue weighted by Crippen LogP contribution is 2.27. The molecule has 2 aromatic rings. The molecule has 0 saturated carbocycles. The van der Waals surface area contributed by atoms with Crippen molar-refractivity contribution in [3.63, 3.8) is 0 Å². The number of carbonyl (C=O) groups excluding carboxylic acids is 2. The summed E-state index contributed by atoms with van der Waals surface area (Å²) < 4.78 is 4.64. The summed E-state index contributed by atoms with van der Waals surface area (Å²) in [4.78, 5) is 23.5. The van der Waals surface area contributed by atoms with E-state index in [2.05, 4.69) is 15.4 Å². The number of methoxy groups -OCH3 is 1. The molecule has 0 aliphatic heterocycles. The van der Waals surface area contributed by atoms with Crippen LogP contribution in [0.4, 0.5) is 11.4 Å². The Kier molecular flexibility index (Phi) is 5.82. The van der Waals surface area contributed by atoms with Gasteiger partial charge in [-0.3, -0.25) is 4.79 Å². The maximum absolute atomic E-state index is 12.1. The predicted octanol–water partition coefficient (Wildman–Crippen LogP) is 3.79. The Morgan fingerprint density at radius 2 is 1.79 bits per heavy atom. The first kappa shape index (κ1) is 17.8. The minimum Gasteiger partial charge on any atom is -0.465 e. The molecule has 1 amide bonds. The number of carbonyl (C=O) groups is 2. The van der Waals surface area contributed by atoms with Gasteiger partial charge in [-0.1, -0.05) is 17.7 Å². The van der Waals surface area contributed by atoms with Gasteiger partial charge in [0.15, 0.2) is 0 Å². The number of benzene rings is 2. The molecule has 0 fully saturated rings. The Morgan fingerprint density at radius 1 is 1.12 bits per heavy atom. The summed E-state index contributed by atoms with van der Waals surface area (Å²) in [5, 5.41) is 6.32. The smallest absolute Gasteiger partial charge is 0.337 e. The van der Waals surface area contributed by atoms with E-state index in [1.807, 2.05) is 26.0 Å². The van der Waals surface area contributed by atoms with Crippen LogP contribution in [0.25, 0.3) is 0 Å². The molecule has 0 bridgehead atoms. The molecule has 2 N–H and O–H groups in total. The third-order valence-corrected chi connectivity index (χ3v) is 3.75. The molecule has 0 aromatic heterocycles. The summed E-state index contributed by atoms with van der Waals surface area (Å²) in [6, 6.07) is 10.5. The first-order valence-electron chi connectivity index (χ1n) is 7.39. The molecule has 2 rings (SSSR count). The lowest BCUT2D eigenvalue weighted by Crippen LogP contribution is -2.22. The average molecular weight is 347 g/mol. The largest absolute Gasteiger partial charge is 0.465 e. The number of halogens is 1. The van der Waals surface area contributed by atoms with Crippen molar-refractivity contribution in [3.05, 3.63) is 58.1 Å². The van der Waals surface area contributed by atoms with Crippen molar-refractivity contribution < 1.29 is 14.3 Å². The molecule has 24 heavy (non-hydrogen) atoms. The Hall–Kier alpha value is -2.53. The van der Waals surface area contributed by atoms with Crippen LogP contribution in [0.1, 0.15) is 21.5 Å². The van der Waals surface area contributed by atoms with Crippen molar-refractivity contribution in [3.8, 4) is 0 Å². The van der Waals surface area contributed by atoms with E-state index in [-0.39, 0.29) is 12.5 Å². The number of esters is 1. The van der Waals surface area contributed by atoms with Gasteiger partial charge in [-0.25, -0.2) is 4.79 Å². The van der Waals surface area contributed by atoms with Crippen LogP contribution in [0, 0.1) is 13.8 Å². The number of nitrogens with one attached hydrogen (secondary N) is 2. The molecule has 2 aromatic carbocycles. The Balaban J connectivity index is 1.95. The molecule has 6 heteroatoms. The van der Waals surface area contributed by atoms with Gasteiger partial charge >= 0.3 is 5.97 Å². The number of rotatable bonds is 5. The summed E-state index contributed by atoms with van der Waals surface area (Å²) in [6.45, 7) is 3.93. The zero-order chi connectivity index (χ0) is 17.7. The van der Waals surface area contributed by atoms with Crippen molar-refractivity contribution in [1.29, 1.82) is 0 Å². The second-order valence-electron chi connectivity index (χ2n) is 5.41. The summed E-state index contributed by atoms with van der Waals surface area (Å²) >= 11 is 6.18. The highest BCUT2D eigenvalue weighted by molar-refractivity contribution is 6.34. The van der Waals surface area contributed by atoms with Gasteiger partial charge in [-0.15, -0.1) is 0 Å². The Labute approximate surface area is 146 Å². The number of ether oxygens (including phenoxy) is 1.